The lowest BCUT2D eigenvalue weighted by Crippen LogP contribution is -2.26. The van der Waals surface area contributed by atoms with Gasteiger partial charge in [-0.3, -0.25) is 0 Å². The standard InChI is InChI=1S/C14H15N5S/c15-8-10-1-6-17-13(7-10)19-14-18-12(9-20-14)11-2-4-16-5-3-11/h1,6-7,9,11,16H,2-5H2,(H,17,18,19). The van der Waals surface area contributed by atoms with Crippen LogP contribution in [-0.4, -0.2) is 23.1 Å². The van der Waals surface area contributed by atoms with Crippen LogP contribution in [0.1, 0.15) is 30.0 Å². The van der Waals surface area contributed by atoms with Gasteiger partial charge < -0.3 is 10.6 Å². The van der Waals surface area contributed by atoms with E-state index in [2.05, 4.69) is 32.1 Å². The first-order chi connectivity index (χ1) is 9.85. The Balaban J connectivity index is 1.71. The molecule has 2 aromatic heterocycles. The van der Waals surface area contributed by atoms with Crippen LogP contribution in [0.15, 0.2) is 23.7 Å². The van der Waals surface area contributed by atoms with Crippen molar-refractivity contribution >= 4 is 22.3 Å². The van der Waals surface area contributed by atoms with Gasteiger partial charge >= 0.3 is 0 Å². The number of hydrogen-bond acceptors (Lipinski definition) is 6. The van der Waals surface area contributed by atoms with Gasteiger partial charge in [-0.15, -0.1) is 11.3 Å². The van der Waals surface area contributed by atoms with Gasteiger partial charge in [-0.2, -0.15) is 5.26 Å². The van der Waals surface area contributed by atoms with E-state index in [4.69, 9.17) is 5.26 Å². The van der Waals surface area contributed by atoms with Crippen LogP contribution < -0.4 is 10.6 Å². The fourth-order valence-electron chi connectivity index (χ4n) is 2.33. The highest BCUT2D eigenvalue weighted by Gasteiger charge is 2.18. The molecule has 1 aliphatic heterocycles. The Morgan fingerprint density at radius 1 is 1.40 bits per heavy atom. The van der Waals surface area contributed by atoms with Crippen molar-refractivity contribution in [3.63, 3.8) is 0 Å². The summed E-state index contributed by atoms with van der Waals surface area (Å²) in [6.07, 6.45) is 3.92. The Morgan fingerprint density at radius 2 is 2.25 bits per heavy atom. The third-order valence-corrected chi connectivity index (χ3v) is 4.18. The molecule has 1 saturated heterocycles. The van der Waals surface area contributed by atoms with E-state index < -0.39 is 0 Å². The van der Waals surface area contributed by atoms with E-state index in [0.29, 0.717) is 17.3 Å². The predicted molar refractivity (Wildman–Crippen MR) is 79.2 cm³/mol. The number of rotatable bonds is 3. The number of aromatic nitrogens is 2. The molecule has 0 saturated carbocycles. The first kappa shape index (κ1) is 13.0. The maximum Gasteiger partial charge on any atom is 0.188 e. The summed E-state index contributed by atoms with van der Waals surface area (Å²) in [4.78, 5) is 8.84. The third kappa shape index (κ3) is 2.95. The zero-order valence-electron chi connectivity index (χ0n) is 11.0. The molecule has 0 atom stereocenters. The minimum Gasteiger partial charge on any atom is -0.317 e. The van der Waals surface area contributed by atoms with Gasteiger partial charge in [0.2, 0.25) is 0 Å². The molecular formula is C14H15N5S. The molecule has 102 valence electrons. The first-order valence-electron chi connectivity index (χ1n) is 6.64. The van der Waals surface area contributed by atoms with Crippen molar-refractivity contribution < 1.29 is 0 Å². The minimum atomic E-state index is 0.557. The molecule has 5 nitrogen and oxygen atoms in total. The van der Waals surface area contributed by atoms with Crippen molar-refractivity contribution in [3.8, 4) is 6.07 Å². The largest absolute Gasteiger partial charge is 0.317 e. The molecular weight excluding hydrogens is 270 g/mol. The summed E-state index contributed by atoms with van der Waals surface area (Å²) in [6.45, 7) is 2.13. The fraction of sp³-hybridized carbons (Fsp3) is 0.357. The van der Waals surface area contributed by atoms with Crippen LogP contribution in [0.3, 0.4) is 0 Å². The molecule has 6 heteroatoms. The zero-order chi connectivity index (χ0) is 13.8. The average Bonchev–Trinajstić information content (AvgIpc) is 2.97. The molecule has 0 aromatic carbocycles. The molecule has 0 aliphatic carbocycles. The smallest absolute Gasteiger partial charge is 0.188 e. The van der Waals surface area contributed by atoms with Gasteiger partial charge in [-0.25, -0.2) is 9.97 Å². The van der Waals surface area contributed by atoms with Gasteiger partial charge in [0, 0.05) is 17.5 Å². The van der Waals surface area contributed by atoms with Crippen LogP contribution >= 0.6 is 11.3 Å². The van der Waals surface area contributed by atoms with E-state index in [1.807, 2.05) is 0 Å². The molecule has 2 N–H and O–H groups in total. The number of nitrogens with zero attached hydrogens (tertiary/aromatic N) is 3. The van der Waals surface area contributed by atoms with Gasteiger partial charge in [0.1, 0.15) is 5.82 Å². The Morgan fingerprint density at radius 3 is 3.05 bits per heavy atom. The number of anilines is 2. The van der Waals surface area contributed by atoms with Gasteiger partial charge in [0.15, 0.2) is 5.13 Å². The molecule has 20 heavy (non-hydrogen) atoms. The topological polar surface area (TPSA) is 73.6 Å². The summed E-state index contributed by atoms with van der Waals surface area (Å²) in [7, 11) is 0. The molecule has 2 aromatic rings. The quantitative estimate of drug-likeness (QED) is 0.907. The van der Waals surface area contributed by atoms with Crippen molar-refractivity contribution in [1.82, 2.24) is 15.3 Å². The summed E-state index contributed by atoms with van der Waals surface area (Å²) in [6, 6.07) is 5.52. The van der Waals surface area contributed by atoms with Gasteiger partial charge in [-0.1, -0.05) is 0 Å². The van der Waals surface area contributed by atoms with Crippen LogP contribution in [0.4, 0.5) is 10.9 Å². The number of hydrogen-bond donors (Lipinski definition) is 2. The molecule has 0 amide bonds. The predicted octanol–water partition coefficient (Wildman–Crippen LogP) is 2.62. The summed E-state index contributed by atoms with van der Waals surface area (Å²) >= 11 is 1.59. The Kier molecular flexibility index (Phi) is 3.90. The van der Waals surface area contributed by atoms with Crippen molar-refractivity contribution in [2.24, 2.45) is 0 Å². The van der Waals surface area contributed by atoms with Crippen molar-refractivity contribution in [2.75, 3.05) is 18.4 Å². The Labute approximate surface area is 121 Å². The van der Waals surface area contributed by atoms with Gasteiger partial charge in [0.05, 0.1) is 17.3 Å². The molecule has 0 bridgehead atoms. The Hall–Kier alpha value is -1.97. The minimum absolute atomic E-state index is 0.557. The summed E-state index contributed by atoms with van der Waals surface area (Å²) in [5.41, 5.74) is 1.76. The van der Waals surface area contributed by atoms with Crippen LogP contribution in [0.25, 0.3) is 0 Å². The second-order valence-corrected chi connectivity index (χ2v) is 5.63. The van der Waals surface area contributed by atoms with E-state index in [9.17, 15) is 0 Å². The van der Waals surface area contributed by atoms with E-state index in [-0.39, 0.29) is 0 Å². The number of nitrogens with one attached hydrogen (secondary N) is 2. The highest BCUT2D eigenvalue weighted by atomic mass is 32.1. The molecule has 0 spiro atoms. The first-order valence-corrected chi connectivity index (χ1v) is 7.52. The van der Waals surface area contributed by atoms with Crippen LogP contribution in [0, 0.1) is 11.3 Å². The van der Waals surface area contributed by atoms with Crippen molar-refractivity contribution in [3.05, 3.63) is 35.0 Å². The lowest BCUT2D eigenvalue weighted by atomic mass is 9.96. The number of thiazole rings is 1. The molecule has 1 aliphatic rings. The highest BCUT2D eigenvalue weighted by Crippen LogP contribution is 2.29. The maximum atomic E-state index is 8.88. The normalized spacial score (nSPS) is 15.8. The van der Waals surface area contributed by atoms with Crippen LogP contribution in [0.5, 0.6) is 0 Å². The van der Waals surface area contributed by atoms with Gasteiger partial charge in [-0.05, 0) is 38.1 Å². The van der Waals surface area contributed by atoms with Crippen LogP contribution in [0.2, 0.25) is 0 Å². The molecule has 0 radical (unpaired) electrons. The second-order valence-electron chi connectivity index (χ2n) is 4.77. The molecule has 0 unspecified atom stereocenters. The lowest BCUT2D eigenvalue weighted by Gasteiger charge is -2.20. The van der Waals surface area contributed by atoms with E-state index >= 15 is 0 Å². The zero-order valence-corrected chi connectivity index (χ0v) is 11.8. The molecule has 1 fully saturated rings. The summed E-state index contributed by atoms with van der Waals surface area (Å²) < 4.78 is 0. The number of piperidine rings is 1. The molecule has 3 rings (SSSR count). The Bertz CT molecular complexity index is 624. The van der Waals surface area contributed by atoms with Gasteiger partial charge in [0.25, 0.3) is 0 Å². The highest BCUT2D eigenvalue weighted by molar-refractivity contribution is 7.13. The summed E-state index contributed by atoms with van der Waals surface area (Å²) in [5.74, 6) is 1.22. The number of nitriles is 1. The van der Waals surface area contributed by atoms with E-state index in [1.54, 1.807) is 29.7 Å². The van der Waals surface area contributed by atoms with E-state index in [1.165, 1.54) is 0 Å². The van der Waals surface area contributed by atoms with Crippen LogP contribution in [-0.2, 0) is 0 Å². The third-order valence-electron chi connectivity index (χ3n) is 3.40. The molecule has 3 heterocycles. The number of pyridine rings is 1. The van der Waals surface area contributed by atoms with E-state index in [0.717, 1.165) is 36.8 Å². The van der Waals surface area contributed by atoms with Crippen molar-refractivity contribution in [2.45, 2.75) is 18.8 Å². The lowest BCUT2D eigenvalue weighted by molar-refractivity contribution is 0.455. The SMILES string of the molecule is N#Cc1ccnc(Nc2nc(C3CCNCC3)cs2)c1. The fourth-order valence-corrected chi connectivity index (χ4v) is 3.13. The second kappa shape index (κ2) is 5.99. The monoisotopic (exact) mass is 285 g/mol. The maximum absolute atomic E-state index is 8.88. The average molecular weight is 285 g/mol. The summed E-state index contributed by atoms with van der Waals surface area (Å²) in [5, 5.41) is 18.4. The van der Waals surface area contributed by atoms with Crippen molar-refractivity contribution in [1.29, 1.82) is 5.26 Å².